The van der Waals surface area contributed by atoms with E-state index in [1.165, 1.54) is 29.4 Å². The molecule has 0 bridgehead atoms. The van der Waals surface area contributed by atoms with E-state index in [1.807, 2.05) is 0 Å². The quantitative estimate of drug-likeness (QED) is 0.848. The number of anilines is 1. The first kappa shape index (κ1) is 14.8. The van der Waals surface area contributed by atoms with Gasteiger partial charge in [0.25, 0.3) is 0 Å². The molecular weight excluding hydrogens is 304 g/mol. The largest absolute Gasteiger partial charge is 0.367 e. The summed E-state index contributed by atoms with van der Waals surface area (Å²) in [5.74, 6) is 0.391. The fourth-order valence-corrected chi connectivity index (χ4v) is 2.36. The summed E-state index contributed by atoms with van der Waals surface area (Å²) in [6, 6.07) is 2.93. The Hall–Kier alpha value is -1.64. The van der Waals surface area contributed by atoms with Crippen molar-refractivity contribution in [1.82, 2.24) is 9.99 Å². The summed E-state index contributed by atoms with van der Waals surface area (Å²) < 4.78 is 22.6. The number of aliphatic hydroxyl groups excluding tert-OH is 1. The van der Waals surface area contributed by atoms with Crippen molar-refractivity contribution in [1.29, 1.82) is 0 Å². The van der Waals surface area contributed by atoms with Gasteiger partial charge in [-0.15, -0.1) is 0 Å². The molecule has 1 aromatic heterocycles. The average Bonchev–Trinajstić information content (AvgIpc) is 2.35. The molecule has 1 aliphatic rings. The molecule has 0 fully saturated rings. The maximum Gasteiger partial charge on any atom is 0.183 e. The number of hydrogen-bond donors (Lipinski definition) is 2. The topological polar surface area (TPSA) is 94.9 Å². The third-order valence-corrected chi connectivity index (χ3v) is 3.88. The second-order valence-electron chi connectivity index (χ2n) is 4.25. The van der Waals surface area contributed by atoms with Gasteiger partial charge in [-0.05, 0) is 12.1 Å². The van der Waals surface area contributed by atoms with Crippen LogP contribution < -0.4 is 5.32 Å². The predicted molar refractivity (Wildman–Crippen MR) is 76.1 cm³/mol. The van der Waals surface area contributed by atoms with Crippen molar-refractivity contribution in [3.8, 4) is 0 Å². The number of nitrogens with one attached hydrogen (secondary N) is 1. The lowest BCUT2D eigenvalue weighted by Crippen LogP contribution is -2.35. The van der Waals surface area contributed by atoms with Gasteiger partial charge in [0.2, 0.25) is 0 Å². The molecular formula is C11H13ClN4O3S. The number of rotatable bonds is 3. The minimum absolute atomic E-state index is 0.123. The highest BCUT2D eigenvalue weighted by Gasteiger charge is 2.21. The summed E-state index contributed by atoms with van der Waals surface area (Å²) in [6.07, 6.45) is 2.84. The summed E-state index contributed by atoms with van der Waals surface area (Å²) in [6.45, 7) is 0. The molecule has 0 radical (unpaired) electrons. The van der Waals surface area contributed by atoms with Gasteiger partial charge in [0, 0.05) is 25.6 Å². The summed E-state index contributed by atoms with van der Waals surface area (Å²) in [7, 11) is -1.71. The molecule has 108 valence electrons. The van der Waals surface area contributed by atoms with Gasteiger partial charge in [-0.1, -0.05) is 11.6 Å². The van der Waals surface area contributed by atoms with Crippen LogP contribution in [0.5, 0.6) is 0 Å². The van der Waals surface area contributed by atoms with Crippen molar-refractivity contribution in [3.05, 3.63) is 30.1 Å². The lowest BCUT2D eigenvalue weighted by Gasteiger charge is -2.26. The number of halogens is 1. The summed E-state index contributed by atoms with van der Waals surface area (Å²) in [4.78, 5) is 4.10. The van der Waals surface area contributed by atoms with E-state index >= 15 is 0 Å². The molecule has 2 rings (SSSR count). The zero-order chi connectivity index (χ0) is 14.9. The highest BCUT2D eigenvalue weighted by Crippen LogP contribution is 2.18. The second kappa shape index (κ2) is 5.39. The molecule has 1 unspecified atom stereocenters. The van der Waals surface area contributed by atoms with Gasteiger partial charge < -0.3 is 10.4 Å². The molecule has 1 atom stereocenters. The van der Waals surface area contributed by atoms with Crippen molar-refractivity contribution < 1.29 is 13.5 Å². The molecule has 1 aromatic rings. The lowest BCUT2D eigenvalue weighted by atomic mass is 10.3. The van der Waals surface area contributed by atoms with E-state index in [4.69, 9.17) is 11.6 Å². The number of sulfone groups is 1. The van der Waals surface area contributed by atoms with E-state index in [0.29, 0.717) is 11.5 Å². The molecule has 2 N–H and O–H groups in total. The van der Waals surface area contributed by atoms with Crippen LogP contribution in [0.4, 0.5) is 5.82 Å². The maximum absolute atomic E-state index is 11.3. The Morgan fingerprint density at radius 1 is 1.45 bits per heavy atom. The first-order chi connectivity index (χ1) is 9.27. The number of aromatic nitrogens is 1. The molecule has 0 aliphatic carbocycles. The van der Waals surface area contributed by atoms with Crippen molar-refractivity contribution >= 4 is 32.4 Å². The van der Waals surface area contributed by atoms with Crippen LogP contribution >= 0.6 is 11.6 Å². The van der Waals surface area contributed by atoms with Gasteiger partial charge in [0.15, 0.2) is 21.2 Å². The maximum atomic E-state index is 11.3. The molecule has 0 spiro atoms. The van der Waals surface area contributed by atoms with Gasteiger partial charge in [-0.3, -0.25) is 5.01 Å². The second-order valence-corrected chi connectivity index (χ2v) is 6.65. The van der Waals surface area contributed by atoms with Crippen LogP contribution in [0.2, 0.25) is 0 Å². The standard InChI is InChI=1S/C11H13ClN4O3S/c1-16-11(17)8(5-9(12)15-16)14-10-4-3-7(6-13-10)20(2,18)19/h3-6,11,17H,1-2H3,(H,13,14). The monoisotopic (exact) mass is 316 g/mol. The van der Waals surface area contributed by atoms with E-state index in [2.05, 4.69) is 15.4 Å². The number of allylic oxidation sites excluding steroid dienone is 1. The van der Waals surface area contributed by atoms with Crippen LogP contribution in [0.3, 0.4) is 0 Å². The third-order valence-electron chi connectivity index (χ3n) is 2.60. The molecule has 20 heavy (non-hydrogen) atoms. The molecule has 9 heteroatoms. The van der Waals surface area contributed by atoms with E-state index in [1.54, 1.807) is 7.05 Å². The van der Waals surface area contributed by atoms with E-state index in [-0.39, 0.29) is 10.1 Å². The number of pyridine rings is 1. The van der Waals surface area contributed by atoms with Gasteiger partial charge in [0.05, 0.1) is 10.6 Å². The smallest absolute Gasteiger partial charge is 0.183 e. The number of aliphatic hydroxyl groups is 1. The van der Waals surface area contributed by atoms with Crippen LogP contribution in [-0.4, -0.2) is 48.2 Å². The number of hydrazone groups is 1. The Kier molecular flexibility index (Phi) is 3.98. The zero-order valence-corrected chi connectivity index (χ0v) is 12.4. The summed E-state index contributed by atoms with van der Waals surface area (Å²) in [5.41, 5.74) is 0.395. The zero-order valence-electron chi connectivity index (χ0n) is 10.8. The van der Waals surface area contributed by atoms with Crippen LogP contribution in [0.25, 0.3) is 0 Å². The highest BCUT2D eigenvalue weighted by atomic mass is 35.5. The van der Waals surface area contributed by atoms with E-state index in [9.17, 15) is 13.5 Å². The molecule has 7 nitrogen and oxygen atoms in total. The minimum Gasteiger partial charge on any atom is -0.367 e. The number of hydrogen-bond acceptors (Lipinski definition) is 7. The van der Waals surface area contributed by atoms with Gasteiger partial charge in [-0.25, -0.2) is 13.4 Å². The van der Waals surface area contributed by atoms with Crippen LogP contribution in [-0.2, 0) is 9.84 Å². The highest BCUT2D eigenvalue weighted by molar-refractivity contribution is 7.90. The Balaban J connectivity index is 2.21. The number of likely N-dealkylation sites (N-methyl/N-ethyl adjacent to an activating group) is 1. The van der Waals surface area contributed by atoms with Crippen molar-refractivity contribution in [2.75, 3.05) is 18.6 Å². The average molecular weight is 317 g/mol. The van der Waals surface area contributed by atoms with E-state index in [0.717, 1.165) is 6.26 Å². The first-order valence-corrected chi connectivity index (χ1v) is 7.84. The fraction of sp³-hybridized carbons (Fsp3) is 0.273. The van der Waals surface area contributed by atoms with Gasteiger partial charge >= 0.3 is 0 Å². The molecule has 0 saturated heterocycles. The molecule has 2 heterocycles. The fourth-order valence-electron chi connectivity index (χ4n) is 1.56. The molecule has 0 aromatic carbocycles. The predicted octanol–water partition coefficient (Wildman–Crippen LogP) is 0.597. The third kappa shape index (κ3) is 3.27. The minimum atomic E-state index is -3.28. The lowest BCUT2D eigenvalue weighted by molar-refractivity contribution is 0.0544. The van der Waals surface area contributed by atoms with Crippen LogP contribution in [0, 0.1) is 0 Å². The van der Waals surface area contributed by atoms with E-state index < -0.39 is 16.1 Å². The van der Waals surface area contributed by atoms with Crippen molar-refractivity contribution in [2.24, 2.45) is 5.10 Å². The SMILES string of the molecule is CN1N=C(Cl)C=C(Nc2ccc(S(C)(=O)=O)cn2)C1O. The van der Waals surface area contributed by atoms with Crippen LogP contribution in [0.1, 0.15) is 0 Å². The van der Waals surface area contributed by atoms with Crippen LogP contribution in [0.15, 0.2) is 40.1 Å². The molecule has 1 aliphatic heterocycles. The summed E-state index contributed by atoms with van der Waals surface area (Å²) in [5, 5.41) is 18.1. The normalized spacial score (nSPS) is 19.4. The molecule has 0 amide bonds. The summed E-state index contributed by atoms with van der Waals surface area (Å²) >= 11 is 5.80. The van der Waals surface area contributed by atoms with Gasteiger partial charge in [0.1, 0.15) is 5.82 Å². The Morgan fingerprint density at radius 3 is 2.70 bits per heavy atom. The number of nitrogens with zero attached hydrogens (tertiary/aromatic N) is 3. The van der Waals surface area contributed by atoms with Crippen molar-refractivity contribution in [3.63, 3.8) is 0 Å². The van der Waals surface area contributed by atoms with Gasteiger partial charge in [-0.2, -0.15) is 5.10 Å². The Bertz CT molecular complexity index is 669. The molecule has 0 saturated carbocycles. The Morgan fingerprint density at radius 2 is 2.15 bits per heavy atom. The van der Waals surface area contributed by atoms with Crippen molar-refractivity contribution in [2.45, 2.75) is 11.1 Å². The first-order valence-electron chi connectivity index (χ1n) is 5.57. The Labute approximate surface area is 121 Å².